The molecule has 98 valence electrons. The quantitative estimate of drug-likeness (QED) is 0.290. The molecule has 0 spiro atoms. The maximum atomic E-state index is 10.5. The fourth-order valence-electron chi connectivity index (χ4n) is 1.41. The molecule has 0 saturated carbocycles. The molecule has 0 aromatic carbocycles. The molecule has 0 unspecified atom stereocenters. The van der Waals surface area contributed by atoms with Gasteiger partial charge in [-0.15, -0.1) is 0 Å². The summed E-state index contributed by atoms with van der Waals surface area (Å²) in [5, 5.41) is 17.1. The van der Waals surface area contributed by atoms with Crippen molar-refractivity contribution in [2.24, 2.45) is 0 Å². The topological polar surface area (TPSA) is 61.1 Å². The van der Waals surface area contributed by atoms with Crippen LogP contribution in [0.5, 0.6) is 0 Å². The first-order valence-corrected chi connectivity index (χ1v) is 6.39. The number of unbranched alkanes of at least 4 members (excludes halogenated alkanes) is 5. The minimum atomic E-state index is -1.19. The first kappa shape index (κ1) is 16.2. The van der Waals surface area contributed by atoms with E-state index in [9.17, 15) is 4.79 Å². The molecule has 3 nitrogen and oxygen atoms in total. The van der Waals surface area contributed by atoms with Crippen molar-refractivity contribution in [2.45, 2.75) is 45.4 Å². The van der Waals surface area contributed by atoms with Crippen molar-refractivity contribution < 1.29 is 9.90 Å². The minimum Gasteiger partial charge on any atom is -0.477 e. The van der Waals surface area contributed by atoms with Gasteiger partial charge >= 0.3 is 5.97 Å². The number of allylic oxidation sites excluding steroid dienone is 5. The van der Waals surface area contributed by atoms with E-state index in [1.807, 2.05) is 6.08 Å². The maximum Gasteiger partial charge on any atom is 0.346 e. The van der Waals surface area contributed by atoms with Crippen LogP contribution in [0.15, 0.2) is 36.0 Å². The summed E-state index contributed by atoms with van der Waals surface area (Å²) in [4.78, 5) is 10.5. The van der Waals surface area contributed by atoms with Gasteiger partial charge in [0, 0.05) is 0 Å². The summed E-state index contributed by atoms with van der Waals surface area (Å²) in [6.07, 6.45) is 15.9. The van der Waals surface area contributed by atoms with Crippen LogP contribution in [-0.4, -0.2) is 11.1 Å². The average molecular weight is 247 g/mol. The molecule has 0 aromatic heterocycles. The van der Waals surface area contributed by atoms with E-state index in [1.165, 1.54) is 38.2 Å². The zero-order valence-corrected chi connectivity index (χ0v) is 10.9. The fourth-order valence-corrected chi connectivity index (χ4v) is 1.41. The molecule has 0 rings (SSSR count). The molecule has 0 aromatic rings. The van der Waals surface area contributed by atoms with E-state index in [2.05, 4.69) is 13.0 Å². The number of hydrogen-bond acceptors (Lipinski definition) is 2. The van der Waals surface area contributed by atoms with Gasteiger partial charge in [0.1, 0.15) is 11.6 Å². The van der Waals surface area contributed by atoms with E-state index < -0.39 is 5.97 Å². The lowest BCUT2D eigenvalue weighted by Crippen LogP contribution is -1.96. The molecule has 0 amide bonds. The summed E-state index contributed by atoms with van der Waals surface area (Å²) in [7, 11) is 0. The van der Waals surface area contributed by atoms with Gasteiger partial charge in [-0.2, -0.15) is 5.26 Å². The predicted molar refractivity (Wildman–Crippen MR) is 73.0 cm³/mol. The molecule has 0 atom stereocenters. The SMILES string of the molecule is CCCCCCCC=CC=CC=C(C#N)C(=O)O. The first-order valence-electron chi connectivity index (χ1n) is 6.39. The zero-order valence-electron chi connectivity index (χ0n) is 10.9. The van der Waals surface area contributed by atoms with Crippen LogP contribution in [0.1, 0.15) is 45.4 Å². The van der Waals surface area contributed by atoms with Crippen LogP contribution in [0.3, 0.4) is 0 Å². The predicted octanol–water partition coefficient (Wildman–Crippen LogP) is 3.99. The number of nitriles is 1. The lowest BCUT2D eigenvalue weighted by molar-refractivity contribution is -0.132. The summed E-state index contributed by atoms with van der Waals surface area (Å²) in [6, 6.07) is 1.62. The van der Waals surface area contributed by atoms with Crippen LogP contribution < -0.4 is 0 Å². The molecule has 0 bridgehead atoms. The van der Waals surface area contributed by atoms with E-state index in [1.54, 1.807) is 18.2 Å². The Morgan fingerprint density at radius 2 is 1.89 bits per heavy atom. The fraction of sp³-hybridized carbons (Fsp3) is 0.467. The van der Waals surface area contributed by atoms with Gasteiger partial charge < -0.3 is 5.11 Å². The van der Waals surface area contributed by atoms with Gasteiger partial charge in [0.15, 0.2) is 0 Å². The van der Waals surface area contributed by atoms with Crippen molar-refractivity contribution in [2.75, 3.05) is 0 Å². The van der Waals surface area contributed by atoms with E-state index in [-0.39, 0.29) is 5.57 Å². The highest BCUT2D eigenvalue weighted by atomic mass is 16.4. The van der Waals surface area contributed by atoms with Crippen LogP contribution in [0.2, 0.25) is 0 Å². The Hall–Kier alpha value is -1.82. The third kappa shape index (κ3) is 9.41. The summed E-state index contributed by atoms with van der Waals surface area (Å²) in [6.45, 7) is 2.20. The number of hydrogen-bond donors (Lipinski definition) is 1. The number of nitrogens with zero attached hydrogens (tertiary/aromatic N) is 1. The third-order valence-corrected chi connectivity index (χ3v) is 2.45. The molecule has 0 radical (unpaired) electrons. The molecule has 3 heteroatoms. The van der Waals surface area contributed by atoms with Gasteiger partial charge in [-0.1, -0.05) is 56.9 Å². The minimum absolute atomic E-state index is 0.251. The van der Waals surface area contributed by atoms with E-state index >= 15 is 0 Å². The lowest BCUT2D eigenvalue weighted by atomic mass is 10.1. The van der Waals surface area contributed by atoms with Gasteiger partial charge in [-0.25, -0.2) is 4.79 Å². The van der Waals surface area contributed by atoms with Crippen LogP contribution in [0.4, 0.5) is 0 Å². The highest BCUT2D eigenvalue weighted by Gasteiger charge is 2.01. The van der Waals surface area contributed by atoms with E-state index in [0.29, 0.717) is 0 Å². The molecule has 0 heterocycles. The van der Waals surface area contributed by atoms with Crippen molar-refractivity contribution in [3.05, 3.63) is 36.0 Å². The Kier molecular flexibility index (Phi) is 10.5. The average Bonchev–Trinajstić information content (AvgIpc) is 2.35. The smallest absolute Gasteiger partial charge is 0.346 e. The van der Waals surface area contributed by atoms with Gasteiger partial charge in [0.2, 0.25) is 0 Å². The van der Waals surface area contributed by atoms with Crippen LogP contribution in [-0.2, 0) is 4.79 Å². The Labute approximate surface area is 109 Å². The van der Waals surface area contributed by atoms with Crippen molar-refractivity contribution in [1.29, 1.82) is 5.26 Å². The van der Waals surface area contributed by atoms with Crippen LogP contribution in [0.25, 0.3) is 0 Å². The molecular formula is C15H21NO2. The summed E-state index contributed by atoms with van der Waals surface area (Å²) in [5.41, 5.74) is -0.251. The van der Waals surface area contributed by atoms with Crippen LogP contribution in [0, 0.1) is 11.3 Å². The molecule has 0 aliphatic rings. The molecular weight excluding hydrogens is 226 g/mol. The summed E-state index contributed by atoms with van der Waals surface area (Å²) >= 11 is 0. The standard InChI is InChI=1S/C15H21NO2/c1-2-3-4-5-6-7-8-9-10-11-12-14(13-16)15(17)18/h8-12H,2-7H2,1H3,(H,17,18). The van der Waals surface area contributed by atoms with Gasteiger partial charge in [-0.05, 0) is 18.9 Å². The zero-order chi connectivity index (χ0) is 13.6. The number of aliphatic carboxylic acids is 1. The highest BCUT2D eigenvalue weighted by molar-refractivity contribution is 5.91. The number of carboxylic acid groups (broad SMARTS) is 1. The Morgan fingerprint density at radius 1 is 1.17 bits per heavy atom. The molecule has 1 N–H and O–H groups in total. The van der Waals surface area contributed by atoms with Crippen LogP contribution >= 0.6 is 0 Å². The second kappa shape index (κ2) is 11.7. The van der Waals surface area contributed by atoms with Gasteiger partial charge in [-0.3, -0.25) is 0 Å². The van der Waals surface area contributed by atoms with Crippen molar-refractivity contribution >= 4 is 5.97 Å². The molecule has 0 aliphatic carbocycles. The Balaban J connectivity index is 3.76. The van der Waals surface area contributed by atoms with Crippen molar-refractivity contribution in [3.63, 3.8) is 0 Å². The number of carbonyl (C=O) groups is 1. The number of carboxylic acids is 1. The summed E-state index contributed by atoms with van der Waals surface area (Å²) < 4.78 is 0. The number of rotatable bonds is 9. The van der Waals surface area contributed by atoms with Crippen molar-refractivity contribution in [1.82, 2.24) is 0 Å². The highest BCUT2D eigenvalue weighted by Crippen LogP contribution is 2.05. The third-order valence-electron chi connectivity index (χ3n) is 2.45. The normalized spacial score (nSPS) is 12.1. The second-order valence-electron chi connectivity index (χ2n) is 4.01. The lowest BCUT2D eigenvalue weighted by Gasteiger charge is -1.95. The summed E-state index contributed by atoms with van der Waals surface area (Å²) in [5.74, 6) is -1.19. The Morgan fingerprint density at radius 3 is 2.50 bits per heavy atom. The first-order chi connectivity index (χ1) is 8.72. The molecule has 18 heavy (non-hydrogen) atoms. The Bertz CT molecular complexity index is 359. The second-order valence-corrected chi connectivity index (χ2v) is 4.01. The largest absolute Gasteiger partial charge is 0.477 e. The monoisotopic (exact) mass is 247 g/mol. The van der Waals surface area contributed by atoms with Gasteiger partial charge in [0.25, 0.3) is 0 Å². The maximum absolute atomic E-state index is 10.5. The van der Waals surface area contributed by atoms with E-state index in [4.69, 9.17) is 10.4 Å². The van der Waals surface area contributed by atoms with E-state index in [0.717, 1.165) is 6.42 Å². The van der Waals surface area contributed by atoms with Crippen molar-refractivity contribution in [3.8, 4) is 6.07 Å². The molecule has 0 aliphatic heterocycles. The molecule has 0 saturated heterocycles. The van der Waals surface area contributed by atoms with Gasteiger partial charge in [0.05, 0.1) is 0 Å². The molecule has 0 fully saturated rings.